The molecule has 6 heteroatoms. The fourth-order valence-electron chi connectivity index (χ4n) is 0.871. The third kappa shape index (κ3) is 12.5. The van der Waals surface area contributed by atoms with Crippen LogP contribution in [0.1, 0.15) is 12.8 Å². The summed E-state index contributed by atoms with van der Waals surface area (Å²) in [7, 11) is 20.8. The number of unbranched alkanes of at least 4 members (excludes halogenated alkanes) is 1. The van der Waals surface area contributed by atoms with Crippen LogP contribution in [-0.4, -0.2) is 27.7 Å². The average molecular weight is 419 g/mol. The Morgan fingerprint density at radius 3 is 1.92 bits per heavy atom. The molecule has 0 aliphatic carbocycles. The molecule has 0 atom stereocenters. The summed E-state index contributed by atoms with van der Waals surface area (Å²) in [6, 6.07) is 0. The van der Waals surface area contributed by atoms with Crippen LogP contribution in [0, 0.1) is 0 Å². The molecule has 0 fully saturated rings. The van der Waals surface area contributed by atoms with Gasteiger partial charge in [0.2, 0.25) is 0 Å². The van der Waals surface area contributed by atoms with E-state index >= 15 is 0 Å². The summed E-state index contributed by atoms with van der Waals surface area (Å²) in [5.41, 5.74) is 0. The van der Waals surface area contributed by atoms with Crippen molar-refractivity contribution in [2.75, 3.05) is 0 Å². The first-order valence-corrected chi connectivity index (χ1v) is 25.1. The monoisotopic (exact) mass is 420 g/mol. The zero-order valence-corrected chi connectivity index (χ0v) is 15.3. The van der Waals surface area contributed by atoms with E-state index in [-0.39, 0.29) is 0 Å². The molecule has 0 unspecified atom stereocenters. The summed E-state index contributed by atoms with van der Waals surface area (Å²) in [5, 5.41) is 0.823. The SMILES string of the molecule is [CH3][Sn]([CH3])([Cl])[CH2]CC[CH2][Ge]([Cl])([Cl])[Cl]. The Balaban J connectivity index is 3.35. The predicted octanol–water partition coefficient (Wildman–Crippen LogP) is 4.87. The van der Waals surface area contributed by atoms with Crippen LogP contribution in [0.2, 0.25) is 19.6 Å². The Kier molecular flexibility index (Phi) is 7.45. The molecule has 0 saturated heterocycles. The van der Waals surface area contributed by atoms with Crippen molar-refractivity contribution in [2.45, 2.75) is 32.4 Å². The minimum absolute atomic E-state index is 0.823. The summed E-state index contributed by atoms with van der Waals surface area (Å²) in [5.74, 6) is 0. The standard InChI is InChI=1S/C4H8Cl3Ge.2CH3.ClH.Sn/c1-2-3-4-8(5,6)7;;;;/h1-4H2;2*1H3;1H;/q;;;;+1/p-1. The van der Waals surface area contributed by atoms with Gasteiger partial charge in [0.05, 0.1) is 0 Å². The first-order chi connectivity index (χ1) is 5.21. The number of hydrogen-bond donors (Lipinski definition) is 0. The van der Waals surface area contributed by atoms with Crippen LogP contribution in [0.15, 0.2) is 0 Å². The van der Waals surface area contributed by atoms with Crippen LogP contribution in [-0.2, 0) is 0 Å². The van der Waals surface area contributed by atoms with Crippen molar-refractivity contribution in [3.05, 3.63) is 0 Å². The molecule has 0 aromatic heterocycles. The molecule has 0 heterocycles. The number of hydrogen-bond acceptors (Lipinski definition) is 0. The number of rotatable bonds is 5. The Bertz CT molecular complexity index is 112. The van der Waals surface area contributed by atoms with Crippen LogP contribution < -0.4 is 0 Å². The van der Waals surface area contributed by atoms with E-state index in [4.69, 9.17) is 38.9 Å². The Morgan fingerprint density at radius 2 is 1.58 bits per heavy atom. The van der Waals surface area contributed by atoms with Gasteiger partial charge in [-0.2, -0.15) is 0 Å². The molecule has 0 spiro atoms. The predicted molar refractivity (Wildman–Crippen MR) is 65.5 cm³/mol. The van der Waals surface area contributed by atoms with Crippen LogP contribution in [0.5, 0.6) is 0 Å². The van der Waals surface area contributed by atoms with E-state index in [0.29, 0.717) is 0 Å². The van der Waals surface area contributed by atoms with Crippen molar-refractivity contribution >= 4 is 66.7 Å². The summed E-state index contributed by atoms with van der Waals surface area (Å²) in [6.45, 7) is 0. The molecule has 0 saturated carbocycles. The summed E-state index contributed by atoms with van der Waals surface area (Å²) < 4.78 is 1.19. The molecule has 0 N–H and O–H groups in total. The second-order valence-electron chi connectivity index (χ2n) is 3.54. The fourth-order valence-corrected chi connectivity index (χ4v) is 8.33. The van der Waals surface area contributed by atoms with E-state index in [1.165, 1.54) is 4.44 Å². The third-order valence-corrected chi connectivity index (χ3v) is 12.0. The molecule has 0 radical (unpaired) electrons. The second kappa shape index (κ2) is 6.16. The van der Waals surface area contributed by atoms with Crippen molar-refractivity contribution in [3.8, 4) is 0 Å². The Hall–Kier alpha value is 2.50. The van der Waals surface area contributed by atoms with E-state index < -0.39 is 27.7 Å². The van der Waals surface area contributed by atoms with E-state index in [9.17, 15) is 0 Å². The summed E-state index contributed by atoms with van der Waals surface area (Å²) in [4.78, 5) is 4.43. The summed E-state index contributed by atoms with van der Waals surface area (Å²) >= 11 is -2.04. The van der Waals surface area contributed by atoms with Crippen molar-refractivity contribution < 1.29 is 0 Å². The Labute approximate surface area is 97.8 Å². The van der Waals surface area contributed by atoms with Gasteiger partial charge in [0.15, 0.2) is 0 Å². The first-order valence-electron chi connectivity index (χ1n) is 3.96. The molecule has 0 rings (SSSR count). The molecule has 12 heavy (non-hydrogen) atoms. The summed E-state index contributed by atoms with van der Waals surface area (Å²) in [6.07, 6.45) is 2.19. The van der Waals surface area contributed by atoms with Gasteiger partial charge in [-0.25, -0.2) is 0 Å². The molecule has 0 amide bonds. The maximum atomic E-state index is 6.21. The zero-order valence-electron chi connectivity index (χ0n) is 7.34. The van der Waals surface area contributed by atoms with E-state index in [1.54, 1.807) is 0 Å². The van der Waals surface area contributed by atoms with Gasteiger partial charge in [-0.1, -0.05) is 0 Å². The van der Waals surface area contributed by atoms with Gasteiger partial charge in [-0.05, 0) is 0 Å². The third-order valence-electron chi connectivity index (χ3n) is 1.48. The zero-order chi connectivity index (χ0) is 9.83. The molecular formula is C6H14Cl4GeSn. The first kappa shape index (κ1) is 14.5. The van der Waals surface area contributed by atoms with Crippen molar-refractivity contribution in [1.29, 1.82) is 0 Å². The fraction of sp³-hybridized carbons (Fsp3) is 1.00. The van der Waals surface area contributed by atoms with Gasteiger partial charge >= 0.3 is 99.1 Å². The number of halogens is 4. The molecule has 74 valence electrons. The van der Waals surface area contributed by atoms with Gasteiger partial charge in [-0.15, -0.1) is 0 Å². The maximum absolute atomic E-state index is 6.21. The molecule has 0 nitrogen and oxygen atoms in total. The van der Waals surface area contributed by atoms with Crippen LogP contribution >= 0.6 is 38.9 Å². The quantitative estimate of drug-likeness (QED) is 0.441. The van der Waals surface area contributed by atoms with Crippen LogP contribution in [0.3, 0.4) is 0 Å². The molecule has 0 aliphatic rings. The average Bonchev–Trinajstić information content (AvgIpc) is 1.76. The van der Waals surface area contributed by atoms with Crippen LogP contribution in [0.4, 0.5) is 0 Å². The van der Waals surface area contributed by atoms with E-state index in [2.05, 4.69) is 9.88 Å². The van der Waals surface area contributed by atoms with Gasteiger partial charge in [0, 0.05) is 0 Å². The molecule has 0 aliphatic heterocycles. The van der Waals surface area contributed by atoms with Gasteiger partial charge in [0.25, 0.3) is 0 Å². The molecule has 0 aromatic rings. The van der Waals surface area contributed by atoms with Gasteiger partial charge in [-0.3, -0.25) is 0 Å². The topological polar surface area (TPSA) is 0 Å². The van der Waals surface area contributed by atoms with Crippen molar-refractivity contribution in [1.82, 2.24) is 0 Å². The molecule has 0 bridgehead atoms. The minimum atomic E-state index is -2.80. The Morgan fingerprint density at radius 1 is 1.08 bits per heavy atom. The van der Waals surface area contributed by atoms with E-state index in [1.807, 2.05) is 0 Å². The second-order valence-corrected chi connectivity index (χ2v) is 38.3. The molecular weight excluding hydrogens is 405 g/mol. The van der Waals surface area contributed by atoms with Gasteiger partial charge in [0.1, 0.15) is 0 Å². The van der Waals surface area contributed by atoms with Crippen molar-refractivity contribution in [3.63, 3.8) is 0 Å². The normalized spacial score (nSPS) is 13.5. The van der Waals surface area contributed by atoms with Gasteiger partial charge < -0.3 is 0 Å². The van der Waals surface area contributed by atoms with E-state index in [0.717, 1.165) is 18.1 Å². The molecule has 0 aromatic carbocycles. The van der Waals surface area contributed by atoms with Crippen molar-refractivity contribution in [2.24, 2.45) is 0 Å². The van der Waals surface area contributed by atoms with Crippen LogP contribution in [0.25, 0.3) is 0 Å².